The first-order valence-corrected chi connectivity index (χ1v) is 5.49. The van der Waals surface area contributed by atoms with Crippen LogP contribution in [0.5, 0.6) is 5.75 Å². The summed E-state index contributed by atoms with van der Waals surface area (Å²) in [4.78, 5) is 0. The summed E-state index contributed by atoms with van der Waals surface area (Å²) in [6, 6.07) is 5.81. The van der Waals surface area contributed by atoms with E-state index in [0.29, 0.717) is 6.61 Å². The van der Waals surface area contributed by atoms with Gasteiger partial charge in [0.25, 0.3) is 0 Å². The van der Waals surface area contributed by atoms with Crippen molar-refractivity contribution in [1.82, 2.24) is 0 Å². The van der Waals surface area contributed by atoms with E-state index >= 15 is 0 Å². The molecule has 0 aromatic heterocycles. The van der Waals surface area contributed by atoms with Crippen molar-refractivity contribution in [3.8, 4) is 5.75 Å². The van der Waals surface area contributed by atoms with Crippen molar-refractivity contribution in [2.24, 2.45) is 0 Å². The second-order valence-electron chi connectivity index (χ2n) is 4.55. The Labute approximate surface area is 97.6 Å². The summed E-state index contributed by atoms with van der Waals surface area (Å²) in [7, 11) is 1.71. The zero-order valence-electron chi connectivity index (χ0n) is 10.5. The summed E-state index contributed by atoms with van der Waals surface area (Å²) >= 11 is 0. The van der Waals surface area contributed by atoms with E-state index in [1.165, 1.54) is 0 Å². The van der Waals surface area contributed by atoms with E-state index in [0.717, 1.165) is 23.4 Å². The van der Waals surface area contributed by atoms with E-state index < -0.39 is 0 Å². The van der Waals surface area contributed by atoms with E-state index in [-0.39, 0.29) is 5.60 Å². The molecule has 90 valence electrons. The minimum Gasteiger partial charge on any atom is -0.491 e. The van der Waals surface area contributed by atoms with Gasteiger partial charge in [-0.25, -0.2) is 0 Å². The van der Waals surface area contributed by atoms with Gasteiger partial charge in [0.15, 0.2) is 0 Å². The van der Waals surface area contributed by atoms with Crippen LogP contribution in [0.25, 0.3) is 0 Å². The van der Waals surface area contributed by atoms with E-state index in [9.17, 15) is 0 Å². The molecule has 0 aliphatic carbocycles. The third-order valence-electron chi connectivity index (χ3n) is 2.80. The number of anilines is 1. The Hall–Kier alpha value is -1.22. The smallest absolute Gasteiger partial charge is 0.142 e. The largest absolute Gasteiger partial charge is 0.491 e. The van der Waals surface area contributed by atoms with E-state index in [2.05, 4.69) is 0 Å². The number of para-hydroxylation sites is 1. The molecule has 1 rings (SSSR count). The molecule has 0 fully saturated rings. The zero-order valence-corrected chi connectivity index (χ0v) is 10.5. The van der Waals surface area contributed by atoms with Gasteiger partial charge in [-0.15, -0.1) is 0 Å². The first-order valence-electron chi connectivity index (χ1n) is 5.49. The van der Waals surface area contributed by atoms with E-state index in [1.54, 1.807) is 7.11 Å². The molecule has 0 heterocycles. The van der Waals surface area contributed by atoms with Crippen LogP contribution in [0.4, 0.5) is 5.69 Å². The topological polar surface area (TPSA) is 44.5 Å². The van der Waals surface area contributed by atoms with Gasteiger partial charge in [-0.3, -0.25) is 0 Å². The molecular weight excluding hydrogens is 202 g/mol. The number of ether oxygens (including phenoxy) is 2. The Morgan fingerprint density at radius 1 is 1.31 bits per heavy atom. The highest BCUT2D eigenvalue weighted by Gasteiger charge is 2.16. The molecule has 3 heteroatoms. The van der Waals surface area contributed by atoms with Crippen molar-refractivity contribution < 1.29 is 9.47 Å². The van der Waals surface area contributed by atoms with Gasteiger partial charge in [-0.05, 0) is 32.4 Å². The standard InChI is InChI=1S/C13H21NO2/c1-10-6-5-7-11(12(10)14)16-9-8-13(2,3)15-4/h5-7H,8-9,14H2,1-4H3. The average Bonchev–Trinajstić information content (AvgIpc) is 2.24. The molecule has 0 saturated carbocycles. The summed E-state index contributed by atoms with van der Waals surface area (Å²) in [5.41, 5.74) is 7.52. The molecule has 0 atom stereocenters. The van der Waals surface area contributed by atoms with Crippen LogP contribution < -0.4 is 10.5 Å². The number of nitrogens with two attached hydrogens (primary N) is 1. The minimum absolute atomic E-state index is 0.154. The number of nitrogen functional groups attached to an aromatic ring is 1. The van der Waals surface area contributed by atoms with Crippen molar-refractivity contribution >= 4 is 5.69 Å². The Bertz CT molecular complexity index is 348. The van der Waals surface area contributed by atoms with Crippen LogP contribution in [-0.4, -0.2) is 19.3 Å². The Morgan fingerprint density at radius 2 is 2.00 bits per heavy atom. The predicted octanol–water partition coefficient (Wildman–Crippen LogP) is 2.77. The first-order chi connectivity index (χ1) is 7.46. The van der Waals surface area contributed by atoms with Crippen molar-refractivity contribution in [2.45, 2.75) is 32.8 Å². The fraction of sp³-hybridized carbons (Fsp3) is 0.538. The number of aryl methyl sites for hydroxylation is 1. The molecule has 0 spiro atoms. The van der Waals surface area contributed by atoms with Crippen LogP contribution in [0.15, 0.2) is 18.2 Å². The number of hydrogen-bond donors (Lipinski definition) is 1. The molecule has 0 radical (unpaired) electrons. The van der Waals surface area contributed by atoms with Crippen LogP contribution >= 0.6 is 0 Å². The van der Waals surface area contributed by atoms with Crippen molar-refractivity contribution in [3.05, 3.63) is 23.8 Å². The minimum atomic E-state index is -0.154. The van der Waals surface area contributed by atoms with Crippen molar-refractivity contribution in [2.75, 3.05) is 19.5 Å². The van der Waals surface area contributed by atoms with E-state index in [4.69, 9.17) is 15.2 Å². The Kier molecular flexibility index (Phi) is 4.19. The molecule has 1 aromatic rings. The average molecular weight is 223 g/mol. The summed E-state index contributed by atoms with van der Waals surface area (Å²) in [6.45, 7) is 6.65. The van der Waals surface area contributed by atoms with Gasteiger partial charge in [0.1, 0.15) is 5.75 Å². The number of rotatable bonds is 5. The van der Waals surface area contributed by atoms with Gasteiger partial charge in [-0.2, -0.15) is 0 Å². The summed E-state index contributed by atoms with van der Waals surface area (Å²) in [6.07, 6.45) is 0.830. The monoisotopic (exact) mass is 223 g/mol. The highest BCUT2D eigenvalue weighted by atomic mass is 16.5. The van der Waals surface area contributed by atoms with Crippen LogP contribution in [0.3, 0.4) is 0 Å². The van der Waals surface area contributed by atoms with Gasteiger partial charge in [0, 0.05) is 13.5 Å². The zero-order chi connectivity index (χ0) is 12.2. The fourth-order valence-corrected chi connectivity index (χ4v) is 1.29. The summed E-state index contributed by atoms with van der Waals surface area (Å²) in [5.74, 6) is 0.756. The third kappa shape index (κ3) is 3.42. The van der Waals surface area contributed by atoms with Crippen molar-refractivity contribution in [3.63, 3.8) is 0 Å². The van der Waals surface area contributed by atoms with Crippen LogP contribution in [0, 0.1) is 6.92 Å². The lowest BCUT2D eigenvalue weighted by Gasteiger charge is -2.23. The van der Waals surface area contributed by atoms with Crippen LogP contribution in [0.1, 0.15) is 25.8 Å². The molecule has 0 amide bonds. The maximum absolute atomic E-state index is 5.91. The lowest BCUT2D eigenvalue weighted by molar-refractivity contribution is 0.00551. The molecule has 0 unspecified atom stereocenters. The maximum Gasteiger partial charge on any atom is 0.142 e. The molecule has 3 nitrogen and oxygen atoms in total. The number of benzene rings is 1. The third-order valence-corrected chi connectivity index (χ3v) is 2.80. The summed E-state index contributed by atoms with van der Waals surface area (Å²) < 4.78 is 11.0. The molecule has 0 aliphatic heterocycles. The Balaban J connectivity index is 2.53. The molecule has 1 aromatic carbocycles. The van der Waals surface area contributed by atoms with Gasteiger partial charge in [0.2, 0.25) is 0 Å². The molecule has 16 heavy (non-hydrogen) atoms. The second-order valence-corrected chi connectivity index (χ2v) is 4.55. The molecule has 0 aliphatic rings. The van der Waals surface area contributed by atoms with Gasteiger partial charge >= 0.3 is 0 Å². The van der Waals surface area contributed by atoms with Crippen LogP contribution in [0.2, 0.25) is 0 Å². The van der Waals surface area contributed by atoms with Gasteiger partial charge in [-0.1, -0.05) is 12.1 Å². The van der Waals surface area contributed by atoms with Crippen molar-refractivity contribution in [1.29, 1.82) is 0 Å². The highest BCUT2D eigenvalue weighted by molar-refractivity contribution is 5.57. The lowest BCUT2D eigenvalue weighted by atomic mass is 10.1. The lowest BCUT2D eigenvalue weighted by Crippen LogP contribution is -2.25. The normalized spacial score (nSPS) is 11.5. The number of methoxy groups -OCH3 is 1. The highest BCUT2D eigenvalue weighted by Crippen LogP contribution is 2.25. The van der Waals surface area contributed by atoms with E-state index in [1.807, 2.05) is 39.0 Å². The molecule has 0 saturated heterocycles. The van der Waals surface area contributed by atoms with Gasteiger partial charge < -0.3 is 15.2 Å². The van der Waals surface area contributed by atoms with Gasteiger partial charge in [0.05, 0.1) is 17.9 Å². The fourth-order valence-electron chi connectivity index (χ4n) is 1.29. The number of hydrogen-bond acceptors (Lipinski definition) is 3. The SMILES string of the molecule is COC(C)(C)CCOc1cccc(C)c1N. The first kappa shape index (κ1) is 12.8. The second kappa shape index (κ2) is 5.21. The maximum atomic E-state index is 5.91. The summed E-state index contributed by atoms with van der Waals surface area (Å²) in [5, 5.41) is 0. The quantitative estimate of drug-likeness (QED) is 0.781. The molecule has 0 bridgehead atoms. The van der Waals surface area contributed by atoms with Crippen LogP contribution in [-0.2, 0) is 4.74 Å². The molecular formula is C13H21NO2. The Morgan fingerprint density at radius 3 is 2.62 bits per heavy atom. The molecule has 2 N–H and O–H groups in total. The predicted molar refractivity (Wildman–Crippen MR) is 66.8 cm³/mol.